The molecular formula is C15H16O2. The third-order valence-electron chi connectivity index (χ3n) is 4.20. The number of hydrogen-bond donors (Lipinski definition) is 0. The van der Waals surface area contributed by atoms with Gasteiger partial charge in [-0.15, -0.1) is 0 Å². The van der Waals surface area contributed by atoms with Gasteiger partial charge < -0.3 is 4.74 Å². The van der Waals surface area contributed by atoms with Crippen molar-refractivity contribution in [1.82, 2.24) is 0 Å². The van der Waals surface area contributed by atoms with E-state index in [4.69, 9.17) is 4.74 Å². The first-order valence-corrected chi connectivity index (χ1v) is 6.12. The van der Waals surface area contributed by atoms with Gasteiger partial charge in [-0.3, -0.25) is 4.79 Å². The molecule has 0 heterocycles. The van der Waals surface area contributed by atoms with Crippen molar-refractivity contribution in [2.75, 3.05) is 7.11 Å². The summed E-state index contributed by atoms with van der Waals surface area (Å²) in [4.78, 5) is 12.2. The zero-order chi connectivity index (χ0) is 11.9. The lowest BCUT2D eigenvalue weighted by molar-refractivity contribution is -0.144. The summed E-state index contributed by atoms with van der Waals surface area (Å²) in [7, 11) is 1.49. The lowest BCUT2D eigenvalue weighted by atomic mass is 9.91. The van der Waals surface area contributed by atoms with E-state index >= 15 is 0 Å². The van der Waals surface area contributed by atoms with Gasteiger partial charge in [0.2, 0.25) is 0 Å². The number of methoxy groups -OCH3 is 1. The SMILES string of the molecule is COC(=O)[C@@]1(c2ccccc2)[C@@H]2CCC=C[C@@H]21. The molecule has 0 aliphatic heterocycles. The third kappa shape index (κ3) is 1.30. The zero-order valence-electron chi connectivity index (χ0n) is 9.93. The predicted octanol–water partition coefficient (Wildman–Crippen LogP) is 2.69. The minimum Gasteiger partial charge on any atom is -0.468 e. The highest BCUT2D eigenvalue weighted by atomic mass is 16.5. The molecule has 2 aliphatic rings. The summed E-state index contributed by atoms with van der Waals surface area (Å²) in [5.41, 5.74) is 0.705. The molecule has 3 atom stereocenters. The van der Waals surface area contributed by atoms with Crippen LogP contribution in [-0.4, -0.2) is 13.1 Å². The summed E-state index contributed by atoms with van der Waals surface area (Å²) in [6.45, 7) is 0. The van der Waals surface area contributed by atoms with E-state index in [1.54, 1.807) is 0 Å². The number of hydrogen-bond acceptors (Lipinski definition) is 2. The van der Waals surface area contributed by atoms with Crippen LogP contribution in [0.1, 0.15) is 18.4 Å². The van der Waals surface area contributed by atoms with E-state index < -0.39 is 5.41 Å². The number of rotatable bonds is 2. The number of benzene rings is 1. The summed E-state index contributed by atoms with van der Waals surface area (Å²) < 4.78 is 5.05. The molecule has 1 aromatic carbocycles. The number of ether oxygens (including phenoxy) is 1. The van der Waals surface area contributed by atoms with Gasteiger partial charge in [0.25, 0.3) is 0 Å². The number of carbonyl (C=O) groups is 1. The van der Waals surface area contributed by atoms with Crippen molar-refractivity contribution in [3.05, 3.63) is 48.0 Å². The summed E-state index contributed by atoms with van der Waals surface area (Å²) in [6, 6.07) is 10.1. The van der Waals surface area contributed by atoms with Crippen LogP contribution in [0.5, 0.6) is 0 Å². The first kappa shape index (κ1) is 10.6. The van der Waals surface area contributed by atoms with Crippen molar-refractivity contribution in [3.63, 3.8) is 0 Å². The molecule has 2 nitrogen and oxygen atoms in total. The molecule has 0 aromatic heterocycles. The lowest BCUT2D eigenvalue weighted by Crippen LogP contribution is -2.25. The van der Waals surface area contributed by atoms with Crippen molar-refractivity contribution >= 4 is 5.97 Å². The fourth-order valence-electron chi connectivity index (χ4n) is 3.40. The van der Waals surface area contributed by atoms with Gasteiger partial charge in [-0.25, -0.2) is 0 Å². The monoisotopic (exact) mass is 228 g/mol. The molecule has 0 saturated heterocycles. The molecule has 3 rings (SSSR count). The number of esters is 1. The van der Waals surface area contributed by atoms with Crippen LogP contribution in [0, 0.1) is 11.8 Å². The molecule has 1 fully saturated rings. The Hall–Kier alpha value is -1.57. The maximum Gasteiger partial charge on any atom is 0.317 e. The molecule has 17 heavy (non-hydrogen) atoms. The van der Waals surface area contributed by atoms with E-state index in [9.17, 15) is 4.79 Å². The second kappa shape index (κ2) is 3.73. The first-order valence-electron chi connectivity index (χ1n) is 6.12. The van der Waals surface area contributed by atoms with Crippen LogP contribution in [0.3, 0.4) is 0 Å². The second-order valence-electron chi connectivity index (χ2n) is 4.86. The van der Waals surface area contributed by atoms with E-state index in [2.05, 4.69) is 12.2 Å². The Morgan fingerprint density at radius 2 is 2.12 bits per heavy atom. The minimum absolute atomic E-state index is 0.0785. The molecule has 1 saturated carbocycles. The Balaban J connectivity index is 2.06. The molecule has 1 aromatic rings. The molecule has 0 bridgehead atoms. The minimum atomic E-state index is -0.400. The fraction of sp³-hybridized carbons (Fsp3) is 0.400. The van der Waals surface area contributed by atoms with Crippen LogP contribution < -0.4 is 0 Å². The van der Waals surface area contributed by atoms with Gasteiger partial charge >= 0.3 is 5.97 Å². The number of fused-ring (bicyclic) bond motifs is 1. The lowest BCUT2D eigenvalue weighted by Gasteiger charge is -2.15. The highest BCUT2D eigenvalue weighted by molar-refractivity contribution is 5.89. The quantitative estimate of drug-likeness (QED) is 0.574. The smallest absolute Gasteiger partial charge is 0.317 e. The average molecular weight is 228 g/mol. The Kier molecular flexibility index (Phi) is 2.32. The molecule has 0 unspecified atom stereocenters. The van der Waals surface area contributed by atoms with Crippen LogP contribution >= 0.6 is 0 Å². The van der Waals surface area contributed by atoms with E-state index in [0.717, 1.165) is 18.4 Å². The van der Waals surface area contributed by atoms with Crippen molar-refractivity contribution in [3.8, 4) is 0 Å². The standard InChI is InChI=1S/C15H16O2/c1-17-14(16)15(11-7-3-2-4-8-11)12-9-5-6-10-13(12)15/h2-5,7-9,12-13H,6,10H2,1H3/t12-,13+,15+/m0/s1. The van der Waals surface area contributed by atoms with Crippen LogP contribution in [0.2, 0.25) is 0 Å². The average Bonchev–Trinajstić information content (AvgIpc) is 3.09. The Bertz CT molecular complexity index is 463. The molecule has 2 heteroatoms. The largest absolute Gasteiger partial charge is 0.468 e. The third-order valence-corrected chi connectivity index (χ3v) is 4.20. The Morgan fingerprint density at radius 3 is 2.71 bits per heavy atom. The number of allylic oxidation sites excluding steroid dienone is 2. The van der Waals surface area contributed by atoms with Crippen molar-refractivity contribution in [2.45, 2.75) is 18.3 Å². The van der Waals surface area contributed by atoms with E-state index in [0.29, 0.717) is 11.8 Å². The molecule has 2 aliphatic carbocycles. The van der Waals surface area contributed by atoms with Crippen molar-refractivity contribution < 1.29 is 9.53 Å². The van der Waals surface area contributed by atoms with E-state index in [1.165, 1.54) is 7.11 Å². The first-order chi connectivity index (χ1) is 8.31. The van der Waals surface area contributed by atoms with Gasteiger partial charge in [-0.05, 0) is 24.3 Å². The van der Waals surface area contributed by atoms with Crippen LogP contribution in [-0.2, 0) is 14.9 Å². The summed E-state index contributed by atoms with van der Waals surface area (Å²) in [5.74, 6) is 0.693. The molecule has 0 radical (unpaired) electrons. The van der Waals surface area contributed by atoms with Crippen LogP contribution in [0.15, 0.2) is 42.5 Å². The van der Waals surface area contributed by atoms with Gasteiger partial charge in [-0.2, -0.15) is 0 Å². The topological polar surface area (TPSA) is 26.3 Å². The normalized spacial score (nSPS) is 33.9. The fourth-order valence-corrected chi connectivity index (χ4v) is 3.40. The summed E-state index contributed by atoms with van der Waals surface area (Å²) in [6.07, 6.45) is 6.55. The maximum atomic E-state index is 12.2. The zero-order valence-corrected chi connectivity index (χ0v) is 9.93. The van der Waals surface area contributed by atoms with Gasteiger partial charge in [0.05, 0.1) is 7.11 Å². The van der Waals surface area contributed by atoms with E-state index in [-0.39, 0.29) is 5.97 Å². The van der Waals surface area contributed by atoms with Gasteiger partial charge in [0, 0.05) is 5.92 Å². The molecular weight excluding hydrogens is 212 g/mol. The van der Waals surface area contributed by atoms with Gasteiger partial charge in [0.1, 0.15) is 5.41 Å². The Labute approximate surface area is 101 Å². The van der Waals surface area contributed by atoms with Crippen molar-refractivity contribution in [2.24, 2.45) is 11.8 Å². The number of carbonyl (C=O) groups excluding carboxylic acids is 1. The van der Waals surface area contributed by atoms with Gasteiger partial charge in [0.15, 0.2) is 0 Å². The molecule has 0 N–H and O–H groups in total. The highest BCUT2D eigenvalue weighted by Crippen LogP contribution is 2.64. The highest BCUT2D eigenvalue weighted by Gasteiger charge is 2.69. The predicted molar refractivity (Wildman–Crippen MR) is 65.5 cm³/mol. The Morgan fingerprint density at radius 1 is 1.35 bits per heavy atom. The second-order valence-corrected chi connectivity index (χ2v) is 4.86. The summed E-state index contributed by atoms with van der Waals surface area (Å²) >= 11 is 0. The molecule has 0 amide bonds. The summed E-state index contributed by atoms with van der Waals surface area (Å²) in [5, 5.41) is 0. The van der Waals surface area contributed by atoms with E-state index in [1.807, 2.05) is 30.3 Å². The maximum absolute atomic E-state index is 12.2. The van der Waals surface area contributed by atoms with Crippen LogP contribution in [0.25, 0.3) is 0 Å². The molecule has 0 spiro atoms. The van der Waals surface area contributed by atoms with Crippen LogP contribution in [0.4, 0.5) is 0 Å². The van der Waals surface area contributed by atoms with Gasteiger partial charge in [-0.1, -0.05) is 42.5 Å². The van der Waals surface area contributed by atoms with Crippen molar-refractivity contribution in [1.29, 1.82) is 0 Å². The molecule has 88 valence electrons.